The maximum atomic E-state index is 12.6. The molecule has 0 radical (unpaired) electrons. The van der Waals surface area contributed by atoms with Gasteiger partial charge in [-0.2, -0.15) is 10.5 Å². The molecule has 3 rings (SSSR count). The van der Waals surface area contributed by atoms with Crippen LogP contribution in [0.15, 0.2) is 35.4 Å². The first-order chi connectivity index (χ1) is 11.6. The Morgan fingerprint density at radius 3 is 2.83 bits per heavy atom. The molecule has 0 aliphatic heterocycles. The highest BCUT2D eigenvalue weighted by molar-refractivity contribution is 7.92. The largest absolute Gasteiger partial charge is 0.360 e. The molecule has 1 saturated carbocycles. The first-order valence-corrected chi connectivity index (χ1v) is 9.10. The van der Waals surface area contributed by atoms with Gasteiger partial charge in [-0.05, 0) is 36.3 Å². The summed E-state index contributed by atoms with van der Waals surface area (Å²) < 4.78 is 25.3. The van der Waals surface area contributed by atoms with E-state index >= 15 is 0 Å². The second-order valence-electron chi connectivity index (χ2n) is 5.53. The second kappa shape index (κ2) is 6.80. The quantitative estimate of drug-likeness (QED) is 0.793. The SMILES string of the molecule is N#CC(=CNc1cccc(S(=O)(=O)C2CCCC2)c1)c1nn[nH]n1. The summed E-state index contributed by atoms with van der Waals surface area (Å²) in [6.07, 6.45) is 4.78. The summed E-state index contributed by atoms with van der Waals surface area (Å²) in [4.78, 5) is 0.297. The molecule has 24 heavy (non-hydrogen) atoms. The van der Waals surface area contributed by atoms with Crippen LogP contribution in [0.5, 0.6) is 0 Å². The smallest absolute Gasteiger partial charge is 0.216 e. The van der Waals surface area contributed by atoms with E-state index in [0.29, 0.717) is 10.6 Å². The van der Waals surface area contributed by atoms with Crippen molar-refractivity contribution >= 4 is 21.1 Å². The normalized spacial score (nSPS) is 16.0. The summed E-state index contributed by atoms with van der Waals surface area (Å²) in [7, 11) is -3.31. The standard InChI is InChI=1S/C15H16N6O2S/c16-9-11(15-18-20-21-19-15)10-17-12-4-3-7-14(8-12)24(22,23)13-5-1-2-6-13/h3-4,7-8,10,13,17H,1-2,5-6H2,(H,18,19,20,21). The molecule has 8 nitrogen and oxygen atoms in total. The molecular formula is C15H16N6O2S. The van der Waals surface area contributed by atoms with Crippen LogP contribution in [0.2, 0.25) is 0 Å². The molecule has 1 aliphatic rings. The van der Waals surface area contributed by atoms with Gasteiger partial charge in [-0.15, -0.1) is 10.2 Å². The van der Waals surface area contributed by atoms with Crippen molar-refractivity contribution in [2.24, 2.45) is 0 Å². The van der Waals surface area contributed by atoms with Crippen molar-refractivity contribution in [2.45, 2.75) is 35.8 Å². The van der Waals surface area contributed by atoms with E-state index in [-0.39, 0.29) is 16.6 Å². The number of hydrogen-bond acceptors (Lipinski definition) is 7. The predicted octanol–water partition coefficient (Wildman–Crippen LogP) is 1.89. The maximum Gasteiger partial charge on any atom is 0.216 e. The van der Waals surface area contributed by atoms with Gasteiger partial charge in [0.1, 0.15) is 11.6 Å². The lowest BCUT2D eigenvalue weighted by Crippen LogP contribution is -2.17. The molecule has 0 spiro atoms. The maximum absolute atomic E-state index is 12.6. The Hall–Kier alpha value is -2.73. The number of allylic oxidation sites excluding steroid dienone is 1. The highest BCUT2D eigenvalue weighted by Gasteiger charge is 2.30. The third kappa shape index (κ3) is 3.28. The van der Waals surface area contributed by atoms with Gasteiger partial charge in [0.25, 0.3) is 0 Å². The van der Waals surface area contributed by atoms with E-state index in [1.807, 2.05) is 6.07 Å². The molecule has 2 aromatic rings. The van der Waals surface area contributed by atoms with Crippen molar-refractivity contribution < 1.29 is 8.42 Å². The number of nitrogens with one attached hydrogen (secondary N) is 2. The molecule has 1 aromatic heterocycles. The Bertz CT molecular complexity index is 877. The van der Waals surface area contributed by atoms with Crippen molar-refractivity contribution in [1.82, 2.24) is 20.6 Å². The van der Waals surface area contributed by atoms with Crippen molar-refractivity contribution in [1.29, 1.82) is 5.26 Å². The molecule has 1 aliphatic carbocycles. The number of rotatable bonds is 5. The zero-order valence-electron chi connectivity index (χ0n) is 12.8. The fraction of sp³-hybridized carbons (Fsp3) is 0.333. The van der Waals surface area contributed by atoms with Gasteiger partial charge in [-0.25, -0.2) is 8.42 Å². The van der Waals surface area contributed by atoms with E-state index in [0.717, 1.165) is 25.7 Å². The van der Waals surface area contributed by atoms with Crippen LogP contribution in [-0.2, 0) is 9.84 Å². The number of aromatic nitrogens is 4. The van der Waals surface area contributed by atoms with Gasteiger partial charge in [0.2, 0.25) is 5.82 Å². The number of aromatic amines is 1. The van der Waals surface area contributed by atoms with E-state index < -0.39 is 9.84 Å². The molecular weight excluding hydrogens is 328 g/mol. The topological polar surface area (TPSA) is 124 Å². The zero-order chi connectivity index (χ0) is 17.0. The van der Waals surface area contributed by atoms with Crippen molar-refractivity contribution in [2.75, 3.05) is 5.32 Å². The van der Waals surface area contributed by atoms with Gasteiger partial charge in [0.05, 0.1) is 10.1 Å². The van der Waals surface area contributed by atoms with Gasteiger partial charge in [0.15, 0.2) is 9.84 Å². The minimum absolute atomic E-state index is 0.166. The third-order valence-corrected chi connectivity index (χ3v) is 6.25. The summed E-state index contributed by atoms with van der Waals surface area (Å²) in [6.45, 7) is 0. The zero-order valence-corrected chi connectivity index (χ0v) is 13.6. The summed E-state index contributed by atoms with van der Waals surface area (Å²) >= 11 is 0. The summed E-state index contributed by atoms with van der Waals surface area (Å²) in [5.41, 5.74) is 0.762. The summed E-state index contributed by atoms with van der Waals surface area (Å²) in [6, 6.07) is 8.55. The van der Waals surface area contributed by atoms with Crippen LogP contribution < -0.4 is 5.32 Å². The second-order valence-corrected chi connectivity index (χ2v) is 7.76. The van der Waals surface area contributed by atoms with Gasteiger partial charge in [-0.1, -0.05) is 18.9 Å². The highest BCUT2D eigenvalue weighted by atomic mass is 32.2. The fourth-order valence-corrected chi connectivity index (χ4v) is 4.63. The lowest BCUT2D eigenvalue weighted by molar-refractivity contribution is 0.579. The van der Waals surface area contributed by atoms with Crippen LogP contribution in [0.4, 0.5) is 5.69 Å². The van der Waals surface area contributed by atoms with E-state index in [1.54, 1.807) is 24.3 Å². The number of nitriles is 1. The van der Waals surface area contributed by atoms with Crippen molar-refractivity contribution in [3.63, 3.8) is 0 Å². The van der Waals surface area contributed by atoms with Crippen LogP contribution in [0.1, 0.15) is 31.5 Å². The Balaban J connectivity index is 1.82. The van der Waals surface area contributed by atoms with Crippen molar-refractivity contribution in [3.05, 3.63) is 36.3 Å². The monoisotopic (exact) mass is 344 g/mol. The Kier molecular flexibility index (Phi) is 4.57. The molecule has 9 heteroatoms. The fourth-order valence-electron chi connectivity index (χ4n) is 2.73. The van der Waals surface area contributed by atoms with Crippen LogP contribution in [0.3, 0.4) is 0 Å². The molecule has 124 valence electrons. The average Bonchev–Trinajstić information content (AvgIpc) is 3.30. The first-order valence-electron chi connectivity index (χ1n) is 7.56. The van der Waals surface area contributed by atoms with Crippen LogP contribution in [-0.4, -0.2) is 34.3 Å². The van der Waals surface area contributed by atoms with E-state index in [1.165, 1.54) is 6.20 Å². The number of benzene rings is 1. The average molecular weight is 344 g/mol. The highest BCUT2D eigenvalue weighted by Crippen LogP contribution is 2.30. The minimum Gasteiger partial charge on any atom is -0.360 e. The molecule has 1 fully saturated rings. The molecule has 0 saturated heterocycles. The molecule has 0 amide bonds. The number of nitrogens with zero attached hydrogens (tertiary/aromatic N) is 4. The number of sulfone groups is 1. The van der Waals surface area contributed by atoms with E-state index in [4.69, 9.17) is 5.26 Å². The van der Waals surface area contributed by atoms with Crippen LogP contribution in [0.25, 0.3) is 5.57 Å². The number of anilines is 1. The van der Waals surface area contributed by atoms with Gasteiger partial charge in [0, 0.05) is 11.9 Å². The van der Waals surface area contributed by atoms with Crippen LogP contribution >= 0.6 is 0 Å². The third-order valence-electron chi connectivity index (χ3n) is 3.99. The molecule has 2 N–H and O–H groups in total. The summed E-state index contributed by atoms with van der Waals surface area (Å²) in [5.74, 6) is 0.166. The predicted molar refractivity (Wildman–Crippen MR) is 87.3 cm³/mol. The van der Waals surface area contributed by atoms with E-state index in [9.17, 15) is 8.42 Å². The lowest BCUT2D eigenvalue weighted by Gasteiger charge is -2.12. The van der Waals surface area contributed by atoms with Gasteiger partial charge >= 0.3 is 0 Å². The van der Waals surface area contributed by atoms with Gasteiger partial charge in [-0.3, -0.25) is 0 Å². The number of hydrogen-bond donors (Lipinski definition) is 2. The molecule has 0 bridgehead atoms. The molecule has 0 unspecified atom stereocenters. The lowest BCUT2D eigenvalue weighted by atomic mass is 10.3. The van der Waals surface area contributed by atoms with Crippen molar-refractivity contribution in [3.8, 4) is 6.07 Å². The van der Waals surface area contributed by atoms with Crippen LogP contribution in [0, 0.1) is 11.3 Å². The van der Waals surface area contributed by atoms with Gasteiger partial charge < -0.3 is 5.32 Å². The Labute approximate surface area is 139 Å². The van der Waals surface area contributed by atoms with E-state index in [2.05, 4.69) is 25.9 Å². The number of H-pyrrole nitrogens is 1. The Morgan fingerprint density at radius 1 is 1.38 bits per heavy atom. The summed E-state index contributed by atoms with van der Waals surface area (Å²) in [5, 5.41) is 24.9. The molecule has 0 atom stereocenters. The minimum atomic E-state index is -3.31. The number of tetrazole rings is 1. The Morgan fingerprint density at radius 2 is 2.17 bits per heavy atom. The first kappa shape index (κ1) is 16.1. The molecule has 1 aromatic carbocycles. The molecule has 1 heterocycles.